The fourth-order valence-corrected chi connectivity index (χ4v) is 5.13. The number of nitrogens with zero attached hydrogens (tertiary/aromatic N) is 3. The van der Waals surface area contributed by atoms with Crippen LogP contribution in [0.2, 0.25) is 0 Å². The number of likely N-dealkylation sites (tertiary alicyclic amines) is 1. The topological polar surface area (TPSA) is 97.4 Å². The second kappa shape index (κ2) is 8.67. The number of para-hydroxylation sites is 1. The zero-order valence-corrected chi connectivity index (χ0v) is 19.0. The summed E-state index contributed by atoms with van der Waals surface area (Å²) in [7, 11) is 1.57. The zero-order valence-electron chi connectivity index (χ0n) is 18.2. The smallest absolute Gasteiger partial charge is 0.415 e. The predicted molar refractivity (Wildman–Crippen MR) is 126 cm³/mol. The third-order valence-electron chi connectivity index (χ3n) is 5.62. The van der Waals surface area contributed by atoms with Crippen molar-refractivity contribution < 1.29 is 14.3 Å². The fourth-order valence-electron chi connectivity index (χ4n) is 4.04. The standard InChI is InChI=1S/C24H22N4O4S/c1-14-7-5-8-15(13-14)32-24(30)28-12-6-10-17(28)22-25-19-21(29)26-20(27-23(19)33-22)16-9-3-4-11-18(16)31-2/h3-5,7-9,11,13,17H,6,10,12H2,1-2H3,(H,26,27,29). The van der Waals surface area contributed by atoms with Crippen molar-refractivity contribution in [2.75, 3.05) is 13.7 Å². The van der Waals surface area contributed by atoms with Crippen molar-refractivity contribution in [3.63, 3.8) is 0 Å². The second-order valence-corrected chi connectivity index (χ2v) is 8.87. The molecular formula is C24H22N4O4S. The van der Waals surface area contributed by atoms with Crippen molar-refractivity contribution in [3.8, 4) is 22.9 Å². The maximum Gasteiger partial charge on any atom is 0.415 e. The number of hydrogen-bond acceptors (Lipinski definition) is 7. The molecule has 5 rings (SSSR count). The lowest BCUT2D eigenvalue weighted by Gasteiger charge is -2.22. The molecule has 2 aromatic carbocycles. The molecule has 1 saturated heterocycles. The van der Waals surface area contributed by atoms with Gasteiger partial charge in [-0.05, 0) is 49.6 Å². The van der Waals surface area contributed by atoms with Crippen LogP contribution in [0.5, 0.6) is 11.5 Å². The van der Waals surface area contributed by atoms with E-state index in [9.17, 15) is 9.59 Å². The predicted octanol–water partition coefficient (Wildman–Crippen LogP) is 4.70. The molecule has 4 aromatic rings. The largest absolute Gasteiger partial charge is 0.496 e. The zero-order chi connectivity index (χ0) is 22.9. The van der Waals surface area contributed by atoms with Gasteiger partial charge in [-0.3, -0.25) is 9.69 Å². The maximum atomic E-state index is 12.9. The first-order valence-corrected chi connectivity index (χ1v) is 11.4. The van der Waals surface area contributed by atoms with E-state index in [4.69, 9.17) is 9.47 Å². The van der Waals surface area contributed by atoms with Crippen LogP contribution in [0.3, 0.4) is 0 Å². The molecule has 1 unspecified atom stereocenters. The van der Waals surface area contributed by atoms with Gasteiger partial charge in [0.25, 0.3) is 5.56 Å². The number of thiazole rings is 1. The molecule has 1 aliphatic rings. The summed E-state index contributed by atoms with van der Waals surface area (Å²) in [5.74, 6) is 1.54. The number of aromatic nitrogens is 3. The number of aromatic amines is 1. The van der Waals surface area contributed by atoms with Gasteiger partial charge in [-0.1, -0.05) is 35.6 Å². The summed E-state index contributed by atoms with van der Waals surface area (Å²) in [6.07, 6.45) is 1.17. The maximum absolute atomic E-state index is 12.9. The van der Waals surface area contributed by atoms with Gasteiger partial charge in [-0.2, -0.15) is 0 Å². The summed E-state index contributed by atoms with van der Waals surface area (Å²) in [5, 5.41) is 0.680. The van der Waals surface area contributed by atoms with Crippen LogP contribution < -0.4 is 15.0 Å². The van der Waals surface area contributed by atoms with Crippen LogP contribution in [0, 0.1) is 6.92 Å². The number of aryl methyl sites for hydroxylation is 1. The summed E-state index contributed by atoms with van der Waals surface area (Å²) in [6.45, 7) is 2.52. The van der Waals surface area contributed by atoms with Crippen molar-refractivity contribution in [1.82, 2.24) is 19.9 Å². The van der Waals surface area contributed by atoms with Crippen LogP contribution in [0.15, 0.2) is 53.3 Å². The summed E-state index contributed by atoms with van der Waals surface area (Å²) in [5.41, 5.74) is 1.65. The van der Waals surface area contributed by atoms with E-state index >= 15 is 0 Å². The third kappa shape index (κ3) is 4.07. The summed E-state index contributed by atoms with van der Waals surface area (Å²) < 4.78 is 11.0. The first kappa shape index (κ1) is 21.1. The Hall–Kier alpha value is -3.72. The Kier molecular flexibility index (Phi) is 5.55. The summed E-state index contributed by atoms with van der Waals surface area (Å²) in [6, 6.07) is 14.5. The van der Waals surface area contributed by atoms with Gasteiger partial charge >= 0.3 is 6.09 Å². The van der Waals surface area contributed by atoms with Crippen molar-refractivity contribution >= 4 is 27.8 Å². The van der Waals surface area contributed by atoms with Crippen LogP contribution in [-0.2, 0) is 0 Å². The third-order valence-corrected chi connectivity index (χ3v) is 6.67. The Morgan fingerprint density at radius 1 is 1.18 bits per heavy atom. The van der Waals surface area contributed by atoms with Gasteiger partial charge in [0, 0.05) is 6.54 Å². The number of benzene rings is 2. The molecule has 1 N–H and O–H groups in total. The highest BCUT2D eigenvalue weighted by Crippen LogP contribution is 2.36. The van der Waals surface area contributed by atoms with E-state index in [1.807, 2.05) is 49.4 Å². The number of amides is 1. The molecule has 0 radical (unpaired) electrons. The molecule has 3 heterocycles. The van der Waals surface area contributed by atoms with E-state index < -0.39 is 6.09 Å². The molecule has 1 fully saturated rings. The van der Waals surface area contributed by atoms with E-state index in [-0.39, 0.29) is 17.1 Å². The quantitative estimate of drug-likeness (QED) is 0.472. The lowest BCUT2D eigenvalue weighted by atomic mass is 10.2. The molecule has 8 nitrogen and oxygen atoms in total. The monoisotopic (exact) mass is 462 g/mol. The second-order valence-electron chi connectivity index (χ2n) is 7.86. The minimum atomic E-state index is -0.418. The fraction of sp³-hybridized carbons (Fsp3) is 0.250. The van der Waals surface area contributed by atoms with Crippen molar-refractivity contribution in [1.29, 1.82) is 0 Å². The van der Waals surface area contributed by atoms with Crippen LogP contribution in [-0.4, -0.2) is 39.6 Å². The molecule has 9 heteroatoms. The molecule has 1 atom stereocenters. The van der Waals surface area contributed by atoms with Crippen molar-refractivity contribution in [2.45, 2.75) is 25.8 Å². The molecule has 1 aliphatic heterocycles. The normalized spacial score (nSPS) is 15.7. The Labute approximate surface area is 193 Å². The van der Waals surface area contributed by atoms with Crippen molar-refractivity contribution in [2.24, 2.45) is 0 Å². The molecular weight excluding hydrogens is 440 g/mol. The van der Waals surface area contributed by atoms with Crippen molar-refractivity contribution in [3.05, 3.63) is 69.5 Å². The summed E-state index contributed by atoms with van der Waals surface area (Å²) in [4.78, 5) is 39.9. The minimum Gasteiger partial charge on any atom is -0.496 e. The molecule has 0 bridgehead atoms. The van der Waals surface area contributed by atoms with Crippen LogP contribution in [0.4, 0.5) is 4.79 Å². The number of nitrogens with one attached hydrogen (secondary N) is 1. The lowest BCUT2D eigenvalue weighted by molar-refractivity contribution is 0.147. The molecule has 0 saturated carbocycles. The first-order valence-electron chi connectivity index (χ1n) is 10.6. The molecule has 0 spiro atoms. The highest BCUT2D eigenvalue weighted by molar-refractivity contribution is 7.18. The number of carbonyl (C=O) groups is 1. The number of fused-ring (bicyclic) bond motifs is 1. The van der Waals surface area contributed by atoms with E-state index in [2.05, 4.69) is 15.0 Å². The Morgan fingerprint density at radius 3 is 2.85 bits per heavy atom. The Morgan fingerprint density at radius 2 is 2.03 bits per heavy atom. The Balaban J connectivity index is 1.46. The van der Waals surface area contributed by atoms with E-state index in [1.165, 1.54) is 11.3 Å². The number of ether oxygens (including phenoxy) is 2. The highest BCUT2D eigenvalue weighted by Gasteiger charge is 2.34. The Bertz CT molecular complexity index is 1400. The number of carbonyl (C=O) groups excluding carboxylic acids is 1. The van der Waals surface area contributed by atoms with Crippen LogP contribution in [0.1, 0.15) is 29.5 Å². The average Bonchev–Trinajstić information content (AvgIpc) is 3.46. The number of hydrogen-bond donors (Lipinski definition) is 1. The van der Waals surface area contributed by atoms with Gasteiger partial charge in [-0.15, -0.1) is 0 Å². The molecule has 168 valence electrons. The van der Waals surface area contributed by atoms with Gasteiger partial charge in [-0.25, -0.2) is 14.8 Å². The van der Waals surface area contributed by atoms with E-state index in [1.54, 1.807) is 18.1 Å². The first-order chi connectivity index (χ1) is 16.0. The number of H-pyrrole nitrogens is 1. The SMILES string of the molecule is COc1ccccc1-c1nc2sc(C3CCCN3C(=O)Oc3cccc(C)c3)nc2c(=O)[nH]1. The van der Waals surface area contributed by atoms with Gasteiger partial charge in [0.1, 0.15) is 22.3 Å². The van der Waals surface area contributed by atoms with Gasteiger partial charge in [0.2, 0.25) is 0 Å². The molecule has 0 aliphatic carbocycles. The number of rotatable bonds is 4. The molecule has 2 aromatic heterocycles. The summed E-state index contributed by atoms with van der Waals surface area (Å²) >= 11 is 1.33. The lowest BCUT2D eigenvalue weighted by Crippen LogP contribution is -2.33. The van der Waals surface area contributed by atoms with Gasteiger partial charge < -0.3 is 14.5 Å². The highest BCUT2D eigenvalue weighted by atomic mass is 32.1. The van der Waals surface area contributed by atoms with Gasteiger partial charge in [0.05, 0.1) is 18.7 Å². The minimum absolute atomic E-state index is 0.254. The number of methoxy groups -OCH3 is 1. The molecule has 33 heavy (non-hydrogen) atoms. The van der Waals surface area contributed by atoms with Crippen LogP contribution >= 0.6 is 11.3 Å². The van der Waals surface area contributed by atoms with Crippen LogP contribution in [0.25, 0.3) is 21.7 Å². The van der Waals surface area contributed by atoms with E-state index in [0.29, 0.717) is 39.3 Å². The van der Waals surface area contributed by atoms with E-state index in [0.717, 1.165) is 18.4 Å². The average molecular weight is 463 g/mol. The van der Waals surface area contributed by atoms with Gasteiger partial charge in [0.15, 0.2) is 10.3 Å². The molecule has 1 amide bonds.